The van der Waals surface area contributed by atoms with E-state index >= 15 is 0 Å². The topological polar surface area (TPSA) is 38.9 Å². The number of hydrogen-bond acceptors (Lipinski definition) is 2. The summed E-state index contributed by atoms with van der Waals surface area (Å²) in [5.41, 5.74) is 8.03. The standard InChI is InChI=1S/C9H12N2.2ClH/c10-6-8-2-1-5-11-9(8)7-3-4-7;;/h1-2,5,7H,3-4,6,10H2;2*1H. The largest absolute Gasteiger partial charge is 0.326 e. The molecular formula is C9H14Cl2N2. The Kier molecular flexibility index (Phi) is 5.30. The Morgan fingerprint density at radius 2 is 2.08 bits per heavy atom. The minimum absolute atomic E-state index is 0. The Hall–Kier alpha value is -0.310. The van der Waals surface area contributed by atoms with Crippen molar-refractivity contribution in [1.29, 1.82) is 0 Å². The summed E-state index contributed by atoms with van der Waals surface area (Å²) in [5.74, 6) is 0.717. The molecule has 2 N–H and O–H groups in total. The van der Waals surface area contributed by atoms with E-state index in [1.54, 1.807) is 0 Å². The molecule has 1 aliphatic carbocycles. The predicted octanol–water partition coefficient (Wildman–Crippen LogP) is 2.26. The monoisotopic (exact) mass is 220 g/mol. The van der Waals surface area contributed by atoms with Crippen molar-refractivity contribution in [2.24, 2.45) is 5.73 Å². The van der Waals surface area contributed by atoms with Gasteiger partial charge in [0.15, 0.2) is 0 Å². The maximum absolute atomic E-state index is 5.58. The number of aromatic nitrogens is 1. The fraction of sp³-hybridized carbons (Fsp3) is 0.444. The summed E-state index contributed by atoms with van der Waals surface area (Å²) in [6, 6.07) is 4.02. The minimum Gasteiger partial charge on any atom is -0.326 e. The van der Waals surface area contributed by atoms with Crippen LogP contribution in [0.5, 0.6) is 0 Å². The molecule has 1 saturated carbocycles. The maximum atomic E-state index is 5.58. The van der Waals surface area contributed by atoms with Gasteiger partial charge in [-0.15, -0.1) is 24.8 Å². The highest BCUT2D eigenvalue weighted by atomic mass is 35.5. The molecule has 0 bridgehead atoms. The van der Waals surface area contributed by atoms with E-state index in [2.05, 4.69) is 11.1 Å². The van der Waals surface area contributed by atoms with Crippen LogP contribution in [0.2, 0.25) is 0 Å². The predicted molar refractivity (Wildman–Crippen MR) is 58.6 cm³/mol. The van der Waals surface area contributed by atoms with Gasteiger partial charge in [0.25, 0.3) is 0 Å². The normalized spacial score (nSPS) is 14.2. The first-order valence-corrected chi connectivity index (χ1v) is 4.05. The molecule has 0 amide bonds. The van der Waals surface area contributed by atoms with Crippen molar-refractivity contribution >= 4 is 24.8 Å². The van der Waals surface area contributed by atoms with Crippen molar-refractivity contribution in [2.45, 2.75) is 25.3 Å². The Labute approximate surface area is 90.8 Å². The second kappa shape index (κ2) is 5.43. The molecule has 0 atom stereocenters. The van der Waals surface area contributed by atoms with Crippen LogP contribution in [0, 0.1) is 0 Å². The fourth-order valence-electron chi connectivity index (χ4n) is 1.35. The third-order valence-electron chi connectivity index (χ3n) is 2.11. The van der Waals surface area contributed by atoms with E-state index in [1.807, 2.05) is 12.3 Å². The third-order valence-corrected chi connectivity index (χ3v) is 2.11. The molecule has 2 rings (SSSR count). The summed E-state index contributed by atoms with van der Waals surface area (Å²) in [4.78, 5) is 4.33. The molecule has 1 aromatic heterocycles. The van der Waals surface area contributed by atoms with Crippen LogP contribution in [0.3, 0.4) is 0 Å². The van der Waals surface area contributed by atoms with Gasteiger partial charge < -0.3 is 5.73 Å². The van der Waals surface area contributed by atoms with Gasteiger partial charge >= 0.3 is 0 Å². The molecule has 1 fully saturated rings. The van der Waals surface area contributed by atoms with E-state index < -0.39 is 0 Å². The molecule has 1 heterocycles. The molecule has 13 heavy (non-hydrogen) atoms. The maximum Gasteiger partial charge on any atom is 0.0479 e. The van der Waals surface area contributed by atoms with Gasteiger partial charge in [0.1, 0.15) is 0 Å². The van der Waals surface area contributed by atoms with Gasteiger partial charge in [-0.2, -0.15) is 0 Å². The highest BCUT2D eigenvalue weighted by molar-refractivity contribution is 5.85. The Bertz CT molecular complexity index is 262. The Morgan fingerprint density at radius 3 is 2.62 bits per heavy atom. The molecular weight excluding hydrogens is 207 g/mol. The van der Waals surface area contributed by atoms with Crippen LogP contribution in [0.1, 0.15) is 30.0 Å². The van der Waals surface area contributed by atoms with Gasteiger partial charge in [0.05, 0.1) is 0 Å². The van der Waals surface area contributed by atoms with Crippen molar-refractivity contribution in [1.82, 2.24) is 4.98 Å². The SMILES string of the molecule is Cl.Cl.NCc1cccnc1C1CC1. The lowest BCUT2D eigenvalue weighted by Crippen LogP contribution is -2.01. The van der Waals surface area contributed by atoms with Crippen LogP contribution >= 0.6 is 24.8 Å². The zero-order valence-electron chi connectivity index (χ0n) is 7.27. The average molecular weight is 221 g/mol. The van der Waals surface area contributed by atoms with Crippen LogP contribution in [-0.2, 0) is 6.54 Å². The van der Waals surface area contributed by atoms with Crippen molar-refractivity contribution in [2.75, 3.05) is 0 Å². The summed E-state index contributed by atoms with van der Waals surface area (Å²) in [7, 11) is 0. The van der Waals surface area contributed by atoms with E-state index in [0.29, 0.717) is 6.54 Å². The number of rotatable bonds is 2. The number of nitrogens with zero attached hydrogens (tertiary/aromatic N) is 1. The molecule has 2 nitrogen and oxygen atoms in total. The molecule has 0 aliphatic heterocycles. The first kappa shape index (κ1) is 12.7. The smallest absolute Gasteiger partial charge is 0.0479 e. The lowest BCUT2D eigenvalue weighted by atomic mass is 10.1. The lowest BCUT2D eigenvalue weighted by molar-refractivity contribution is 0.936. The number of hydrogen-bond donors (Lipinski definition) is 1. The first-order chi connectivity index (χ1) is 5.42. The van der Waals surface area contributed by atoms with Crippen LogP contribution < -0.4 is 5.73 Å². The van der Waals surface area contributed by atoms with Crippen LogP contribution in [0.15, 0.2) is 18.3 Å². The molecule has 0 spiro atoms. The zero-order chi connectivity index (χ0) is 7.68. The van der Waals surface area contributed by atoms with E-state index in [-0.39, 0.29) is 24.8 Å². The highest BCUT2D eigenvalue weighted by Gasteiger charge is 2.26. The van der Waals surface area contributed by atoms with Crippen molar-refractivity contribution < 1.29 is 0 Å². The molecule has 0 unspecified atom stereocenters. The van der Waals surface area contributed by atoms with E-state index in [0.717, 1.165) is 5.92 Å². The van der Waals surface area contributed by atoms with E-state index in [1.165, 1.54) is 24.1 Å². The summed E-state index contributed by atoms with van der Waals surface area (Å²) < 4.78 is 0. The van der Waals surface area contributed by atoms with E-state index in [4.69, 9.17) is 5.73 Å². The number of halogens is 2. The minimum atomic E-state index is 0. The third kappa shape index (κ3) is 2.83. The van der Waals surface area contributed by atoms with Gasteiger partial charge in [-0.25, -0.2) is 0 Å². The number of nitrogens with two attached hydrogens (primary N) is 1. The Morgan fingerprint density at radius 1 is 1.38 bits per heavy atom. The average Bonchev–Trinajstić information content (AvgIpc) is 2.87. The lowest BCUT2D eigenvalue weighted by Gasteiger charge is -2.02. The van der Waals surface area contributed by atoms with Crippen molar-refractivity contribution in [3.8, 4) is 0 Å². The highest BCUT2D eigenvalue weighted by Crippen LogP contribution is 2.40. The van der Waals surface area contributed by atoms with Crippen molar-refractivity contribution in [3.05, 3.63) is 29.6 Å². The van der Waals surface area contributed by atoms with Gasteiger partial charge in [0, 0.05) is 24.4 Å². The van der Waals surface area contributed by atoms with Crippen LogP contribution in [-0.4, -0.2) is 4.98 Å². The molecule has 4 heteroatoms. The van der Waals surface area contributed by atoms with Gasteiger partial charge in [-0.3, -0.25) is 4.98 Å². The number of pyridine rings is 1. The Balaban J connectivity index is 0.000000720. The summed E-state index contributed by atoms with van der Waals surface area (Å²) in [5, 5.41) is 0. The molecule has 0 aromatic carbocycles. The summed E-state index contributed by atoms with van der Waals surface area (Å²) in [6.07, 6.45) is 4.45. The summed E-state index contributed by atoms with van der Waals surface area (Å²) >= 11 is 0. The molecule has 1 aliphatic rings. The van der Waals surface area contributed by atoms with Crippen molar-refractivity contribution in [3.63, 3.8) is 0 Å². The summed E-state index contributed by atoms with van der Waals surface area (Å²) in [6.45, 7) is 0.625. The molecule has 0 radical (unpaired) electrons. The van der Waals surface area contributed by atoms with Gasteiger partial charge in [-0.05, 0) is 24.5 Å². The van der Waals surface area contributed by atoms with Gasteiger partial charge in [0.2, 0.25) is 0 Å². The second-order valence-electron chi connectivity index (χ2n) is 3.03. The molecule has 1 aromatic rings. The van der Waals surface area contributed by atoms with Gasteiger partial charge in [-0.1, -0.05) is 6.07 Å². The quantitative estimate of drug-likeness (QED) is 0.831. The molecule has 0 saturated heterocycles. The van der Waals surface area contributed by atoms with Crippen LogP contribution in [0.25, 0.3) is 0 Å². The second-order valence-corrected chi connectivity index (χ2v) is 3.03. The van der Waals surface area contributed by atoms with Crippen LogP contribution in [0.4, 0.5) is 0 Å². The molecule has 74 valence electrons. The van der Waals surface area contributed by atoms with E-state index in [9.17, 15) is 0 Å². The zero-order valence-corrected chi connectivity index (χ0v) is 8.90. The fourth-order valence-corrected chi connectivity index (χ4v) is 1.35. The first-order valence-electron chi connectivity index (χ1n) is 4.05.